The van der Waals surface area contributed by atoms with Crippen molar-refractivity contribution in [3.05, 3.63) is 0 Å². The quantitative estimate of drug-likeness (QED) is 0.534. The van der Waals surface area contributed by atoms with Crippen LogP contribution in [0.3, 0.4) is 0 Å². The number of rotatable bonds is 2. The first kappa shape index (κ1) is 18.6. The molecule has 3 saturated carbocycles. The summed E-state index contributed by atoms with van der Waals surface area (Å²) in [5, 5.41) is 0. The van der Waals surface area contributed by atoms with Crippen LogP contribution in [-0.4, -0.2) is 18.5 Å². The van der Waals surface area contributed by atoms with Gasteiger partial charge in [-0.1, -0.05) is 33.6 Å². The first-order valence-corrected chi connectivity index (χ1v) is 10.3. The van der Waals surface area contributed by atoms with E-state index in [1.807, 2.05) is 13.8 Å². The Morgan fingerprint density at radius 3 is 1.67 bits per heavy atom. The fraction of sp³-hybridized carbons (Fsp3) is 1.00. The van der Waals surface area contributed by atoms with E-state index in [4.69, 9.17) is 0 Å². The molecule has 0 aromatic heterocycles. The molecule has 140 valence electrons. The average molecular weight is 345 g/mol. The Hall–Kier alpha value is -0.210. The van der Waals surface area contributed by atoms with E-state index in [0.717, 1.165) is 25.2 Å². The average Bonchev–Trinajstić information content (AvgIpc) is 2.52. The van der Waals surface area contributed by atoms with E-state index in [1.54, 1.807) is 0 Å². The molecule has 0 bridgehead atoms. The van der Waals surface area contributed by atoms with Crippen LogP contribution < -0.4 is 0 Å². The largest absolute Gasteiger partial charge is 0.247 e. The van der Waals surface area contributed by atoms with Gasteiger partial charge in [-0.3, -0.25) is 0 Å². The van der Waals surface area contributed by atoms with Crippen molar-refractivity contribution in [2.45, 2.75) is 90.7 Å². The summed E-state index contributed by atoms with van der Waals surface area (Å²) < 4.78 is 44.2. The highest BCUT2D eigenvalue weighted by molar-refractivity contribution is 4.96. The first-order chi connectivity index (χ1) is 11.4. The van der Waals surface area contributed by atoms with Gasteiger partial charge in [0.2, 0.25) is 0 Å². The lowest BCUT2D eigenvalue weighted by atomic mass is 9.62. The fourth-order valence-electron chi connectivity index (χ4n) is 5.91. The van der Waals surface area contributed by atoms with Crippen LogP contribution in [0.15, 0.2) is 0 Å². The lowest BCUT2D eigenvalue weighted by Crippen LogP contribution is -2.45. The summed E-state index contributed by atoms with van der Waals surface area (Å²) in [5.74, 6) is 1.08. The van der Waals surface area contributed by atoms with Crippen LogP contribution in [0.4, 0.5) is 13.2 Å². The molecule has 3 aliphatic rings. The van der Waals surface area contributed by atoms with Crippen LogP contribution in [-0.2, 0) is 0 Å². The first-order valence-electron chi connectivity index (χ1n) is 10.3. The highest BCUT2D eigenvalue weighted by atomic mass is 19.1. The summed E-state index contributed by atoms with van der Waals surface area (Å²) in [6, 6.07) is 0. The molecule has 0 spiro atoms. The van der Waals surface area contributed by atoms with E-state index in [-0.39, 0.29) is 23.7 Å². The molecule has 0 aromatic rings. The lowest BCUT2D eigenvalue weighted by Gasteiger charge is -2.46. The highest BCUT2D eigenvalue weighted by Gasteiger charge is 2.47. The monoisotopic (exact) mass is 344 g/mol. The van der Waals surface area contributed by atoms with Gasteiger partial charge in [-0.25, -0.2) is 13.2 Å². The standard InChI is InChI=1S/C21H35F3/c1-12-4-6-15(7-5-12)16-9-19(23)21(20(24)10-16)17-8-13(2)14(3)18(22)11-17/h12-21H,4-11H2,1-3H3. The number of alkyl halides is 3. The Labute approximate surface area is 146 Å². The Balaban J connectivity index is 1.61. The molecule has 0 amide bonds. The van der Waals surface area contributed by atoms with Crippen LogP contribution in [0.2, 0.25) is 0 Å². The summed E-state index contributed by atoms with van der Waals surface area (Å²) in [4.78, 5) is 0. The molecule has 0 aromatic carbocycles. The van der Waals surface area contributed by atoms with E-state index in [9.17, 15) is 13.2 Å². The molecule has 0 nitrogen and oxygen atoms in total. The van der Waals surface area contributed by atoms with Crippen molar-refractivity contribution in [3.8, 4) is 0 Å². The molecule has 0 N–H and O–H groups in total. The molecule has 0 radical (unpaired) electrons. The minimum atomic E-state index is -1.07. The minimum absolute atomic E-state index is 0.0259. The molecular weight excluding hydrogens is 309 g/mol. The lowest BCUT2D eigenvalue weighted by molar-refractivity contribution is -0.0438. The van der Waals surface area contributed by atoms with Crippen molar-refractivity contribution in [2.24, 2.45) is 41.4 Å². The van der Waals surface area contributed by atoms with Gasteiger partial charge in [-0.15, -0.1) is 0 Å². The van der Waals surface area contributed by atoms with Gasteiger partial charge < -0.3 is 0 Å². The normalized spacial score (nSPS) is 53.8. The summed E-state index contributed by atoms with van der Waals surface area (Å²) in [5.41, 5.74) is 0. The SMILES string of the molecule is CC1CCC(C2CC(F)C(C3CC(C)C(C)C(F)C3)C(F)C2)CC1. The second-order valence-electron chi connectivity index (χ2n) is 9.44. The topological polar surface area (TPSA) is 0 Å². The van der Waals surface area contributed by atoms with Gasteiger partial charge in [0.05, 0.1) is 0 Å². The Morgan fingerprint density at radius 2 is 1.12 bits per heavy atom. The van der Waals surface area contributed by atoms with Gasteiger partial charge >= 0.3 is 0 Å². The van der Waals surface area contributed by atoms with Crippen molar-refractivity contribution < 1.29 is 13.2 Å². The maximum Gasteiger partial charge on any atom is 0.106 e. The summed E-state index contributed by atoms with van der Waals surface area (Å²) in [6.45, 7) is 6.26. The summed E-state index contributed by atoms with van der Waals surface area (Å²) in [6.07, 6.45) is 3.84. The smallest absolute Gasteiger partial charge is 0.106 e. The number of hydrogen-bond acceptors (Lipinski definition) is 0. The highest BCUT2D eigenvalue weighted by Crippen LogP contribution is 2.49. The zero-order chi connectivity index (χ0) is 17.4. The molecule has 0 heterocycles. The van der Waals surface area contributed by atoms with Crippen LogP contribution in [0.25, 0.3) is 0 Å². The molecule has 3 rings (SSSR count). The predicted octanol–water partition coefficient (Wildman–Crippen LogP) is 6.54. The Morgan fingerprint density at radius 1 is 0.583 bits per heavy atom. The van der Waals surface area contributed by atoms with Gasteiger partial charge in [0.25, 0.3) is 0 Å². The zero-order valence-electron chi connectivity index (χ0n) is 15.6. The molecule has 3 aliphatic carbocycles. The second-order valence-corrected chi connectivity index (χ2v) is 9.44. The van der Waals surface area contributed by atoms with E-state index < -0.39 is 24.4 Å². The van der Waals surface area contributed by atoms with E-state index in [0.29, 0.717) is 25.2 Å². The van der Waals surface area contributed by atoms with E-state index >= 15 is 0 Å². The van der Waals surface area contributed by atoms with Crippen molar-refractivity contribution in [1.82, 2.24) is 0 Å². The van der Waals surface area contributed by atoms with Gasteiger partial charge in [0.15, 0.2) is 0 Å². The summed E-state index contributed by atoms with van der Waals surface area (Å²) >= 11 is 0. The summed E-state index contributed by atoms with van der Waals surface area (Å²) in [7, 11) is 0. The maximum absolute atomic E-state index is 15.0. The minimum Gasteiger partial charge on any atom is -0.247 e. The van der Waals surface area contributed by atoms with Gasteiger partial charge in [0, 0.05) is 5.92 Å². The second kappa shape index (κ2) is 7.58. The third-order valence-corrected chi connectivity index (χ3v) is 7.83. The van der Waals surface area contributed by atoms with E-state index in [2.05, 4.69) is 6.92 Å². The van der Waals surface area contributed by atoms with Gasteiger partial charge in [-0.05, 0) is 74.0 Å². The van der Waals surface area contributed by atoms with Crippen LogP contribution in [0, 0.1) is 41.4 Å². The third-order valence-electron chi connectivity index (χ3n) is 7.83. The van der Waals surface area contributed by atoms with Gasteiger partial charge in [0.1, 0.15) is 18.5 Å². The van der Waals surface area contributed by atoms with Crippen LogP contribution in [0.5, 0.6) is 0 Å². The maximum atomic E-state index is 15.0. The van der Waals surface area contributed by atoms with Crippen molar-refractivity contribution in [2.75, 3.05) is 0 Å². The number of hydrogen-bond donors (Lipinski definition) is 0. The molecule has 0 aliphatic heterocycles. The molecular formula is C21H35F3. The predicted molar refractivity (Wildman–Crippen MR) is 93.1 cm³/mol. The molecule has 6 unspecified atom stereocenters. The van der Waals surface area contributed by atoms with Crippen LogP contribution >= 0.6 is 0 Å². The van der Waals surface area contributed by atoms with Crippen molar-refractivity contribution >= 4 is 0 Å². The third kappa shape index (κ3) is 3.80. The van der Waals surface area contributed by atoms with Crippen molar-refractivity contribution in [1.29, 1.82) is 0 Å². The number of halogens is 3. The Bertz CT molecular complexity index is 380. The molecule has 3 fully saturated rings. The molecule has 24 heavy (non-hydrogen) atoms. The molecule has 0 saturated heterocycles. The van der Waals surface area contributed by atoms with Crippen molar-refractivity contribution in [3.63, 3.8) is 0 Å². The Kier molecular flexibility index (Phi) is 5.87. The zero-order valence-corrected chi connectivity index (χ0v) is 15.6. The van der Waals surface area contributed by atoms with Crippen LogP contribution in [0.1, 0.15) is 72.1 Å². The molecule has 6 atom stereocenters. The van der Waals surface area contributed by atoms with E-state index in [1.165, 1.54) is 12.8 Å². The molecule has 3 heteroatoms. The van der Waals surface area contributed by atoms with Gasteiger partial charge in [-0.2, -0.15) is 0 Å². The fourth-order valence-corrected chi connectivity index (χ4v) is 5.91.